The maximum absolute atomic E-state index is 11.1. The highest BCUT2D eigenvalue weighted by Gasteiger charge is 2.08. The zero-order valence-corrected chi connectivity index (χ0v) is 13.1. The molecule has 0 aliphatic carbocycles. The highest BCUT2D eigenvalue weighted by atomic mass is 35.5. The lowest BCUT2D eigenvalue weighted by Crippen LogP contribution is -2.10. The Morgan fingerprint density at radius 3 is 2.36 bits per heavy atom. The van der Waals surface area contributed by atoms with Gasteiger partial charge in [0, 0.05) is 21.5 Å². The molecule has 0 atom stereocenters. The Hall–Kier alpha value is -2.39. The van der Waals surface area contributed by atoms with Crippen molar-refractivity contribution in [3.05, 3.63) is 64.2 Å². The van der Waals surface area contributed by atoms with Gasteiger partial charge in [0.05, 0.1) is 11.2 Å². The number of halogens is 1. The number of primary amides is 1. The SMILES string of the molecule is Cc1cc2c(C)cc(-c3ccc(C(N)=O)cc3)nc2cc1Cl. The van der Waals surface area contributed by atoms with Gasteiger partial charge in [-0.1, -0.05) is 23.7 Å². The van der Waals surface area contributed by atoms with Crippen LogP contribution in [-0.4, -0.2) is 10.9 Å². The van der Waals surface area contributed by atoms with Gasteiger partial charge in [-0.15, -0.1) is 0 Å². The molecule has 4 heteroatoms. The number of amides is 1. The summed E-state index contributed by atoms with van der Waals surface area (Å²) in [6.45, 7) is 4.04. The maximum Gasteiger partial charge on any atom is 0.248 e. The summed E-state index contributed by atoms with van der Waals surface area (Å²) in [5.41, 5.74) is 10.6. The van der Waals surface area contributed by atoms with Crippen LogP contribution < -0.4 is 5.73 Å². The van der Waals surface area contributed by atoms with Crippen LogP contribution in [0.1, 0.15) is 21.5 Å². The Morgan fingerprint density at radius 2 is 1.73 bits per heavy atom. The minimum Gasteiger partial charge on any atom is -0.366 e. The van der Waals surface area contributed by atoms with Gasteiger partial charge < -0.3 is 5.73 Å². The third-order valence-corrected chi connectivity index (χ3v) is 4.17. The molecule has 110 valence electrons. The smallest absolute Gasteiger partial charge is 0.248 e. The van der Waals surface area contributed by atoms with Crippen LogP contribution in [0.15, 0.2) is 42.5 Å². The zero-order chi connectivity index (χ0) is 15.9. The van der Waals surface area contributed by atoms with Gasteiger partial charge in [-0.3, -0.25) is 4.79 Å². The Morgan fingerprint density at radius 1 is 1.05 bits per heavy atom. The molecule has 2 aromatic carbocycles. The standard InChI is InChI=1S/C18H15ClN2O/c1-10-8-16(12-3-5-13(6-4-12)18(20)22)21-17-9-15(19)11(2)7-14(10)17/h3-9H,1-2H3,(H2,20,22). The Balaban J connectivity index is 2.15. The number of nitrogens with two attached hydrogens (primary N) is 1. The van der Waals surface area contributed by atoms with E-state index in [2.05, 4.69) is 18.0 Å². The molecule has 0 bridgehead atoms. The molecule has 0 saturated heterocycles. The monoisotopic (exact) mass is 310 g/mol. The zero-order valence-electron chi connectivity index (χ0n) is 12.4. The molecule has 0 spiro atoms. The van der Waals surface area contributed by atoms with Gasteiger partial charge in [0.2, 0.25) is 5.91 Å². The lowest BCUT2D eigenvalue weighted by molar-refractivity contribution is 0.100. The van der Waals surface area contributed by atoms with Crippen LogP contribution in [0.5, 0.6) is 0 Å². The number of hydrogen-bond donors (Lipinski definition) is 1. The molecule has 0 saturated carbocycles. The quantitative estimate of drug-likeness (QED) is 0.768. The summed E-state index contributed by atoms with van der Waals surface area (Å²) >= 11 is 6.20. The van der Waals surface area contributed by atoms with Crippen LogP contribution in [0.4, 0.5) is 0 Å². The second-order valence-electron chi connectivity index (χ2n) is 5.38. The Labute approximate surface area is 133 Å². The fourth-order valence-electron chi connectivity index (χ4n) is 2.48. The van der Waals surface area contributed by atoms with E-state index >= 15 is 0 Å². The molecule has 1 aromatic heterocycles. The number of aryl methyl sites for hydroxylation is 2. The van der Waals surface area contributed by atoms with Gasteiger partial charge in [0.25, 0.3) is 0 Å². The molecule has 3 rings (SSSR count). The summed E-state index contributed by atoms with van der Waals surface area (Å²) in [5, 5.41) is 1.81. The molecular formula is C18H15ClN2O. The fraction of sp³-hybridized carbons (Fsp3) is 0.111. The topological polar surface area (TPSA) is 56.0 Å². The molecule has 2 N–H and O–H groups in total. The van der Waals surface area contributed by atoms with Crippen LogP contribution in [0.3, 0.4) is 0 Å². The lowest BCUT2D eigenvalue weighted by atomic mass is 10.0. The van der Waals surface area contributed by atoms with Crippen LogP contribution in [0.25, 0.3) is 22.2 Å². The van der Waals surface area contributed by atoms with Gasteiger partial charge in [0.1, 0.15) is 0 Å². The molecule has 1 amide bonds. The van der Waals surface area contributed by atoms with E-state index < -0.39 is 5.91 Å². The van der Waals surface area contributed by atoms with Gasteiger partial charge in [-0.2, -0.15) is 0 Å². The van der Waals surface area contributed by atoms with Crippen LogP contribution in [0, 0.1) is 13.8 Å². The maximum atomic E-state index is 11.1. The largest absolute Gasteiger partial charge is 0.366 e. The third-order valence-electron chi connectivity index (χ3n) is 3.76. The van der Waals surface area contributed by atoms with E-state index in [0.717, 1.165) is 33.3 Å². The number of benzene rings is 2. The van der Waals surface area contributed by atoms with Gasteiger partial charge in [0.15, 0.2) is 0 Å². The average Bonchev–Trinajstić information content (AvgIpc) is 2.49. The van der Waals surface area contributed by atoms with Crippen LogP contribution >= 0.6 is 11.6 Å². The first-order chi connectivity index (χ1) is 10.5. The molecule has 1 heterocycles. The number of nitrogens with zero attached hydrogens (tertiary/aromatic N) is 1. The summed E-state index contributed by atoms with van der Waals surface area (Å²) < 4.78 is 0. The van der Waals surface area contributed by atoms with Crippen LogP contribution in [-0.2, 0) is 0 Å². The van der Waals surface area contributed by atoms with E-state index in [1.54, 1.807) is 12.1 Å². The van der Waals surface area contributed by atoms with Crippen molar-refractivity contribution in [2.24, 2.45) is 5.73 Å². The van der Waals surface area contributed by atoms with Crippen molar-refractivity contribution in [3.8, 4) is 11.3 Å². The van der Waals surface area contributed by atoms with Crippen molar-refractivity contribution in [2.45, 2.75) is 13.8 Å². The molecule has 0 aliphatic rings. The second-order valence-corrected chi connectivity index (χ2v) is 5.79. The summed E-state index contributed by atoms with van der Waals surface area (Å²) in [4.78, 5) is 15.8. The number of carbonyl (C=O) groups excluding carboxylic acids is 1. The van der Waals surface area contributed by atoms with Crippen molar-refractivity contribution < 1.29 is 4.79 Å². The van der Waals surface area contributed by atoms with E-state index in [0.29, 0.717) is 10.6 Å². The van der Waals surface area contributed by atoms with E-state index in [1.807, 2.05) is 31.2 Å². The highest BCUT2D eigenvalue weighted by Crippen LogP contribution is 2.28. The molecular weight excluding hydrogens is 296 g/mol. The summed E-state index contributed by atoms with van der Waals surface area (Å²) in [5.74, 6) is -0.434. The van der Waals surface area contributed by atoms with Crippen molar-refractivity contribution in [1.29, 1.82) is 0 Å². The molecule has 3 nitrogen and oxygen atoms in total. The number of pyridine rings is 1. The normalized spacial score (nSPS) is 10.9. The van der Waals surface area contributed by atoms with Crippen molar-refractivity contribution >= 4 is 28.4 Å². The molecule has 3 aromatic rings. The predicted octanol–water partition coefficient (Wildman–Crippen LogP) is 4.27. The van der Waals surface area contributed by atoms with E-state index in [1.165, 1.54) is 0 Å². The highest BCUT2D eigenvalue weighted by molar-refractivity contribution is 6.32. The summed E-state index contributed by atoms with van der Waals surface area (Å²) in [7, 11) is 0. The van der Waals surface area contributed by atoms with Crippen molar-refractivity contribution in [1.82, 2.24) is 4.98 Å². The first-order valence-corrected chi connectivity index (χ1v) is 7.31. The molecule has 0 unspecified atom stereocenters. The summed E-state index contributed by atoms with van der Waals surface area (Å²) in [6.07, 6.45) is 0. The van der Waals surface area contributed by atoms with Crippen molar-refractivity contribution in [2.75, 3.05) is 0 Å². The van der Waals surface area contributed by atoms with Gasteiger partial charge in [-0.25, -0.2) is 4.98 Å². The molecule has 0 aliphatic heterocycles. The Kier molecular flexibility index (Phi) is 3.59. The molecule has 22 heavy (non-hydrogen) atoms. The third kappa shape index (κ3) is 2.55. The first kappa shape index (κ1) is 14.5. The fourth-order valence-corrected chi connectivity index (χ4v) is 2.64. The number of aromatic nitrogens is 1. The number of rotatable bonds is 2. The van der Waals surface area contributed by atoms with Crippen molar-refractivity contribution in [3.63, 3.8) is 0 Å². The summed E-state index contributed by atoms with van der Waals surface area (Å²) in [6, 6.07) is 13.1. The van der Waals surface area contributed by atoms with Crippen LogP contribution in [0.2, 0.25) is 5.02 Å². The molecule has 0 radical (unpaired) electrons. The van der Waals surface area contributed by atoms with Gasteiger partial charge in [-0.05, 0) is 55.3 Å². The minimum atomic E-state index is -0.434. The first-order valence-electron chi connectivity index (χ1n) is 6.93. The van der Waals surface area contributed by atoms with Gasteiger partial charge >= 0.3 is 0 Å². The number of hydrogen-bond acceptors (Lipinski definition) is 2. The predicted molar refractivity (Wildman–Crippen MR) is 90.2 cm³/mol. The molecule has 0 fully saturated rings. The second kappa shape index (κ2) is 5.43. The number of fused-ring (bicyclic) bond motifs is 1. The number of carbonyl (C=O) groups is 1. The van der Waals surface area contributed by atoms with E-state index in [4.69, 9.17) is 17.3 Å². The minimum absolute atomic E-state index is 0.434. The lowest BCUT2D eigenvalue weighted by Gasteiger charge is -2.09. The van der Waals surface area contributed by atoms with E-state index in [9.17, 15) is 4.79 Å². The Bertz CT molecular complexity index is 886. The average molecular weight is 311 g/mol. The van der Waals surface area contributed by atoms with E-state index in [-0.39, 0.29) is 0 Å².